The first-order valence-electron chi connectivity index (χ1n) is 8.10. The van der Waals surface area contributed by atoms with Crippen LogP contribution in [0.3, 0.4) is 0 Å². The summed E-state index contributed by atoms with van der Waals surface area (Å²) in [5.41, 5.74) is -1.23. The molecule has 2 aromatic heterocycles. The lowest BCUT2D eigenvalue weighted by atomic mass is 10.1. The summed E-state index contributed by atoms with van der Waals surface area (Å²) in [4.78, 5) is 23.8. The molecule has 2 N–H and O–H groups in total. The van der Waals surface area contributed by atoms with E-state index in [1.54, 1.807) is 6.07 Å². The number of amides is 2. The molecule has 3 aromatic rings. The molecule has 0 saturated heterocycles. The quantitative estimate of drug-likeness (QED) is 0.582. The maximum absolute atomic E-state index is 13.0. The minimum atomic E-state index is -4.57. The van der Waals surface area contributed by atoms with Crippen molar-refractivity contribution in [3.05, 3.63) is 66.1 Å². The highest BCUT2D eigenvalue weighted by Gasteiger charge is 2.33. The molecule has 2 heterocycles. The summed E-state index contributed by atoms with van der Waals surface area (Å²) in [6.07, 6.45) is -3.21. The predicted octanol–water partition coefficient (Wildman–Crippen LogP) is 4.07. The zero-order chi connectivity index (χ0) is 20.9. The van der Waals surface area contributed by atoms with Crippen LogP contribution in [0.5, 0.6) is 0 Å². The molecule has 0 aliphatic rings. The number of furan rings is 1. The fourth-order valence-corrected chi connectivity index (χ4v) is 2.83. The van der Waals surface area contributed by atoms with Crippen molar-refractivity contribution in [1.82, 2.24) is 10.2 Å². The van der Waals surface area contributed by atoms with Crippen LogP contribution in [-0.2, 0) is 11.0 Å². The van der Waals surface area contributed by atoms with Crippen LogP contribution in [0.4, 0.5) is 24.7 Å². The van der Waals surface area contributed by atoms with Gasteiger partial charge in [0.05, 0.1) is 23.3 Å². The molecule has 0 spiro atoms. The molecular weight excluding hydrogens is 409 g/mol. The van der Waals surface area contributed by atoms with Gasteiger partial charge in [-0.3, -0.25) is 9.59 Å². The fourth-order valence-electron chi connectivity index (χ4n) is 2.21. The summed E-state index contributed by atoms with van der Waals surface area (Å²) in [6, 6.07) is 10.8. The Bertz CT molecular complexity index is 992. The van der Waals surface area contributed by atoms with Gasteiger partial charge in [-0.1, -0.05) is 23.9 Å². The van der Waals surface area contributed by atoms with Gasteiger partial charge in [-0.05, 0) is 36.4 Å². The van der Waals surface area contributed by atoms with Crippen LogP contribution in [0.25, 0.3) is 0 Å². The van der Waals surface area contributed by atoms with Gasteiger partial charge in [-0.2, -0.15) is 13.2 Å². The van der Waals surface area contributed by atoms with Gasteiger partial charge < -0.3 is 15.1 Å². The zero-order valence-electron chi connectivity index (χ0n) is 14.6. The lowest BCUT2D eigenvalue weighted by Crippen LogP contribution is -2.18. The van der Waals surface area contributed by atoms with Crippen LogP contribution in [0.1, 0.15) is 16.1 Å². The Morgan fingerprint density at radius 1 is 1.00 bits per heavy atom. The summed E-state index contributed by atoms with van der Waals surface area (Å²) in [5, 5.41) is 12.8. The number of rotatable bonds is 6. The highest BCUT2D eigenvalue weighted by Crippen LogP contribution is 2.34. The maximum atomic E-state index is 13.0. The predicted molar refractivity (Wildman–Crippen MR) is 99.5 cm³/mol. The van der Waals surface area contributed by atoms with Crippen LogP contribution in [0.2, 0.25) is 0 Å². The molecule has 0 unspecified atom stereocenters. The van der Waals surface area contributed by atoms with Gasteiger partial charge >= 0.3 is 6.18 Å². The number of alkyl halides is 3. The molecule has 1 aromatic carbocycles. The van der Waals surface area contributed by atoms with Crippen molar-refractivity contribution in [3.63, 3.8) is 0 Å². The van der Waals surface area contributed by atoms with Crippen molar-refractivity contribution in [1.29, 1.82) is 0 Å². The number of carbonyl (C=O) groups excluding carboxylic acids is 2. The topological polar surface area (TPSA) is 97.1 Å². The SMILES string of the molecule is O=C(CSc1ccc(NC(=O)c2ccco2)nn1)Nc1ccccc1C(F)(F)F. The monoisotopic (exact) mass is 422 g/mol. The smallest absolute Gasteiger partial charge is 0.418 e. The Morgan fingerprint density at radius 3 is 2.45 bits per heavy atom. The Kier molecular flexibility index (Phi) is 6.17. The highest BCUT2D eigenvalue weighted by atomic mass is 32.2. The van der Waals surface area contributed by atoms with Gasteiger partial charge in [0.25, 0.3) is 5.91 Å². The number of carbonyl (C=O) groups is 2. The molecule has 0 atom stereocenters. The van der Waals surface area contributed by atoms with E-state index >= 15 is 0 Å². The average Bonchev–Trinajstić information content (AvgIpc) is 3.22. The molecular formula is C18H13F3N4O3S. The summed E-state index contributed by atoms with van der Waals surface area (Å²) in [7, 11) is 0. The molecule has 0 aliphatic carbocycles. The number of anilines is 2. The molecule has 7 nitrogen and oxygen atoms in total. The largest absolute Gasteiger partial charge is 0.459 e. The number of halogens is 3. The molecule has 29 heavy (non-hydrogen) atoms. The first kappa shape index (κ1) is 20.4. The van der Waals surface area contributed by atoms with Crippen molar-refractivity contribution >= 4 is 35.1 Å². The standard InChI is InChI=1S/C18H13F3N4O3S/c19-18(20,21)11-4-1-2-5-12(11)22-15(26)10-29-16-8-7-14(24-25-16)23-17(27)13-6-3-9-28-13/h1-9H,10H2,(H,22,26)(H,23,24,27). The van der Waals surface area contributed by atoms with E-state index < -0.39 is 23.6 Å². The number of hydrogen-bond donors (Lipinski definition) is 2. The van der Waals surface area contributed by atoms with E-state index in [1.807, 2.05) is 0 Å². The van der Waals surface area contributed by atoms with Crippen molar-refractivity contribution in [3.8, 4) is 0 Å². The molecule has 150 valence electrons. The Hall–Kier alpha value is -3.34. The second kappa shape index (κ2) is 8.78. The lowest BCUT2D eigenvalue weighted by molar-refractivity contribution is -0.137. The Morgan fingerprint density at radius 2 is 1.79 bits per heavy atom. The number of para-hydroxylation sites is 1. The normalized spacial score (nSPS) is 11.1. The minimum absolute atomic E-state index is 0.112. The first-order chi connectivity index (χ1) is 13.8. The molecule has 2 amide bonds. The molecule has 11 heteroatoms. The van der Waals surface area contributed by atoms with Crippen LogP contribution in [0.15, 0.2) is 64.2 Å². The summed E-state index contributed by atoms with van der Waals surface area (Å²) in [6.45, 7) is 0. The fraction of sp³-hybridized carbons (Fsp3) is 0.111. The van der Waals surface area contributed by atoms with Gasteiger partial charge in [0.15, 0.2) is 11.6 Å². The number of thioether (sulfide) groups is 1. The third-order valence-electron chi connectivity index (χ3n) is 3.48. The molecule has 0 aliphatic heterocycles. The summed E-state index contributed by atoms with van der Waals surface area (Å²) >= 11 is 0.988. The number of hydrogen-bond acceptors (Lipinski definition) is 6. The van der Waals surface area contributed by atoms with E-state index in [0.717, 1.165) is 17.8 Å². The summed E-state index contributed by atoms with van der Waals surface area (Å²) < 4.78 is 43.8. The third-order valence-corrected chi connectivity index (χ3v) is 4.40. The number of aromatic nitrogens is 2. The molecule has 0 bridgehead atoms. The molecule has 0 radical (unpaired) electrons. The molecule has 0 saturated carbocycles. The van der Waals surface area contributed by atoms with Crippen LogP contribution in [0, 0.1) is 0 Å². The highest BCUT2D eigenvalue weighted by molar-refractivity contribution is 7.99. The van der Waals surface area contributed by atoms with Gasteiger partial charge in [0, 0.05) is 0 Å². The Labute approximate surface area is 166 Å². The van der Waals surface area contributed by atoms with E-state index in [9.17, 15) is 22.8 Å². The average molecular weight is 422 g/mol. The van der Waals surface area contributed by atoms with E-state index in [-0.39, 0.29) is 23.0 Å². The van der Waals surface area contributed by atoms with Crippen LogP contribution >= 0.6 is 11.8 Å². The van der Waals surface area contributed by atoms with Crippen molar-refractivity contribution in [2.75, 3.05) is 16.4 Å². The number of benzene rings is 1. The minimum Gasteiger partial charge on any atom is -0.459 e. The van der Waals surface area contributed by atoms with Gasteiger partial charge in [0.1, 0.15) is 5.03 Å². The van der Waals surface area contributed by atoms with Gasteiger partial charge in [-0.25, -0.2) is 0 Å². The second-order valence-electron chi connectivity index (χ2n) is 5.57. The number of nitrogens with zero attached hydrogens (tertiary/aromatic N) is 2. The molecule has 0 fully saturated rings. The van der Waals surface area contributed by atoms with Crippen molar-refractivity contribution < 1.29 is 27.2 Å². The first-order valence-corrected chi connectivity index (χ1v) is 9.09. The van der Waals surface area contributed by atoms with E-state index in [2.05, 4.69) is 20.8 Å². The number of nitrogens with one attached hydrogen (secondary N) is 2. The zero-order valence-corrected chi connectivity index (χ0v) is 15.4. The lowest BCUT2D eigenvalue weighted by Gasteiger charge is -2.13. The van der Waals surface area contributed by atoms with Crippen molar-refractivity contribution in [2.45, 2.75) is 11.2 Å². The summed E-state index contributed by atoms with van der Waals surface area (Å²) in [5.74, 6) is -0.990. The second-order valence-corrected chi connectivity index (χ2v) is 6.56. The Balaban J connectivity index is 1.54. The van der Waals surface area contributed by atoms with E-state index in [1.165, 1.54) is 42.7 Å². The maximum Gasteiger partial charge on any atom is 0.418 e. The van der Waals surface area contributed by atoms with E-state index in [0.29, 0.717) is 5.03 Å². The van der Waals surface area contributed by atoms with E-state index in [4.69, 9.17) is 4.42 Å². The third kappa shape index (κ3) is 5.57. The van der Waals surface area contributed by atoms with Crippen molar-refractivity contribution in [2.24, 2.45) is 0 Å². The van der Waals surface area contributed by atoms with Gasteiger partial charge in [0.2, 0.25) is 5.91 Å². The van der Waals surface area contributed by atoms with Crippen LogP contribution < -0.4 is 10.6 Å². The molecule has 3 rings (SSSR count). The van der Waals surface area contributed by atoms with Crippen LogP contribution in [-0.4, -0.2) is 27.8 Å². The van der Waals surface area contributed by atoms with Gasteiger partial charge in [-0.15, -0.1) is 10.2 Å².